The number of carbonyl (C=O) groups excluding carboxylic acids is 1. The Kier molecular flexibility index (Phi) is 5.24. The van der Waals surface area contributed by atoms with Gasteiger partial charge in [-0.3, -0.25) is 4.79 Å². The highest BCUT2D eigenvalue weighted by Gasteiger charge is 2.35. The summed E-state index contributed by atoms with van der Waals surface area (Å²) in [5, 5.41) is 0. The molecule has 0 aromatic heterocycles. The second-order valence-corrected chi connectivity index (χ2v) is 6.98. The van der Waals surface area contributed by atoms with Crippen molar-refractivity contribution in [2.24, 2.45) is 0 Å². The van der Waals surface area contributed by atoms with Crippen molar-refractivity contribution in [2.45, 2.75) is 32.6 Å². The third-order valence-electron chi connectivity index (χ3n) is 5.45. The maximum absolute atomic E-state index is 13.3. The molecule has 1 heterocycles. The average Bonchev–Trinajstić information content (AvgIpc) is 2.68. The van der Waals surface area contributed by atoms with Crippen LogP contribution in [0.25, 0.3) is 0 Å². The molecule has 1 aliphatic rings. The predicted octanol–water partition coefficient (Wildman–Crippen LogP) is 4.38. The molecule has 25 heavy (non-hydrogen) atoms. The first-order valence-corrected chi connectivity index (χ1v) is 9.10. The summed E-state index contributed by atoms with van der Waals surface area (Å²) in [5.74, 6) is 0.192. The van der Waals surface area contributed by atoms with E-state index in [1.54, 1.807) is 0 Å². The Balaban J connectivity index is 1.87. The van der Waals surface area contributed by atoms with Crippen LogP contribution in [-0.4, -0.2) is 32.1 Å². The standard InChI is InChI=1S/C22H27NO2/c1-4-22(3,20-8-6-5-7-17(20)2)21(24)18-9-11-19(12-10-18)23-13-15-25-16-14-23/h5-12H,4,13-16H2,1-3H3. The Morgan fingerprint density at radius 2 is 1.72 bits per heavy atom. The Hall–Kier alpha value is -2.13. The highest BCUT2D eigenvalue weighted by atomic mass is 16.5. The van der Waals surface area contributed by atoms with E-state index in [9.17, 15) is 4.79 Å². The molecular weight excluding hydrogens is 310 g/mol. The van der Waals surface area contributed by atoms with Gasteiger partial charge in [0.05, 0.1) is 18.6 Å². The van der Waals surface area contributed by atoms with Gasteiger partial charge in [0.2, 0.25) is 0 Å². The summed E-state index contributed by atoms with van der Waals surface area (Å²) in [5.41, 5.74) is 3.75. The van der Waals surface area contributed by atoms with E-state index in [0.717, 1.165) is 49.5 Å². The summed E-state index contributed by atoms with van der Waals surface area (Å²) >= 11 is 0. The second-order valence-electron chi connectivity index (χ2n) is 6.98. The molecule has 1 aliphatic heterocycles. The number of hydrogen-bond donors (Lipinski definition) is 0. The van der Waals surface area contributed by atoms with Gasteiger partial charge in [-0.05, 0) is 55.7 Å². The lowest BCUT2D eigenvalue weighted by molar-refractivity contribution is 0.0891. The number of hydrogen-bond acceptors (Lipinski definition) is 3. The number of anilines is 1. The lowest BCUT2D eigenvalue weighted by atomic mass is 9.72. The maximum Gasteiger partial charge on any atom is 0.173 e. The summed E-state index contributed by atoms with van der Waals surface area (Å²) < 4.78 is 5.41. The number of carbonyl (C=O) groups is 1. The van der Waals surface area contributed by atoms with Crippen LogP contribution < -0.4 is 4.90 Å². The first-order chi connectivity index (χ1) is 12.1. The molecule has 132 valence electrons. The van der Waals surface area contributed by atoms with E-state index < -0.39 is 5.41 Å². The lowest BCUT2D eigenvalue weighted by Crippen LogP contribution is -2.36. The molecule has 2 aromatic rings. The Morgan fingerprint density at radius 3 is 2.32 bits per heavy atom. The summed E-state index contributed by atoms with van der Waals surface area (Å²) in [6, 6.07) is 16.3. The quantitative estimate of drug-likeness (QED) is 0.758. The van der Waals surface area contributed by atoms with Crippen molar-refractivity contribution in [1.82, 2.24) is 0 Å². The number of Topliss-reactive ketones (excluding diaryl/α,β-unsaturated/α-hetero) is 1. The summed E-state index contributed by atoms with van der Waals surface area (Å²) in [7, 11) is 0. The topological polar surface area (TPSA) is 29.5 Å². The van der Waals surface area contributed by atoms with Crippen LogP contribution in [0.2, 0.25) is 0 Å². The van der Waals surface area contributed by atoms with Gasteiger partial charge in [-0.25, -0.2) is 0 Å². The first kappa shape index (κ1) is 17.7. The molecule has 0 amide bonds. The van der Waals surface area contributed by atoms with Crippen molar-refractivity contribution in [3.8, 4) is 0 Å². The second kappa shape index (κ2) is 7.40. The van der Waals surface area contributed by atoms with Crippen LogP contribution in [-0.2, 0) is 10.2 Å². The molecule has 3 heteroatoms. The van der Waals surface area contributed by atoms with Gasteiger partial charge in [0.1, 0.15) is 0 Å². The van der Waals surface area contributed by atoms with Crippen LogP contribution in [0.5, 0.6) is 0 Å². The van der Waals surface area contributed by atoms with Gasteiger partial charge < -0.3 is 9.64 Å². The van der Waals surface area contributed by atoms with Gasteiger partial charge in [-0.2, -0.15) is 0 Å². The van der Waals surface area contributed by atoms with Crippen molar-refractivity contribution in [2.75, 3.05) is 31.2 Å². The monoisotopic (exact) mass is 337 g/mol. The molecule has 0 bridgehead atoms. The minimum absolute atomic E-state index is 0.192. The molecule has 2 aromatic carbocycles. The van der Waals surface area contributed by atoms with Gasteiger partial charge in [0.15, 0.2) is 5.78 Å². The molecule has 3 nitrogen and oxygen atoms in total. The van der Waals surface area contributed by atoms with Crippen LogP contribution in [0.4, 0.5) is 5.69 Å². The predicted molar refractivity (Wildman–Crippen MR) is 103 cm³/mol. The smallest absolute Gasteiger partial charge is 0.173 e. The lowest BCUT2D eigenvalue weighted by Gasteiger charge is -2.30. The maximum atomic E-state index is 13.3. The van der Waals surface area contributed by atoms with Gasteiger partial charge in [0, 0.05) is 24.3 Å². The summed E-state index contributed by atoms with van der Waals surface area (Å²) in [6.07, 6.45) is 0.780. The normalized spacial score (nSPS) is 17.2. The van der Waals surface area contributed by atoms with Crippen LogP contribution in [0.1, 0.15) is 41.8 Å². The van der Waals surface area contributed by atoms with Crippen LogP contribution in [0, 0.1) is 6.92 Å². The molecule has 1 unspecified atom stereocenters. The largest absolute Gasteiger partial charge is 0.378 e. The van der Waals surface area contributed by atoms with Crippen molar-refractivity contribution in [1.29, 1.82) is 0 Å². The molecular formula is C22H27NO2. The van der Waals surface area contributed by atoms with E-state index in [0.29, 0.717) is 0 Å². The number of benzene rings is 2. The number of morpholine rings is 1. The van der Waals surface area contributed by atoms with Gasteiger partial charge in [-0.1, -0.05) is 31.2 Å². The third kappa shape index (κ3) is 3.47. The highest BCUT2D eigenvalue weighted by molar-refractivity contribution is 6.04. The van der Waals surface area contributed by atoms with E-state index in [1.165, 1.54) is 5.56 Å². The molecule has 0 saturated carbocycles. The molecule has 1 saturated heterocycles. The molecule has 1 atom stereocenters. The van der Waals surface area contributed by atoms with E-state index in [-0.39, 0.29) is 5.78 Å². The van der Waals surface area contributed by atoms with Crippen LogP contribution >= 0.6 is 0 Å². The van der Waals surface area contributed by atoms with Gasteiger partial charge >= 0.3 is 0 Å². The Bertz CT molecular complexity index is 732. The highest BCUT2D eigenvalue weighted by Crippen LogP contribution is 2.34. The van der Waals surface area contributed by atoms with E-state index in [2.05, 4.69) is 49.9 Å². The first-order valence-electron chi connectivity index (χ1n) is 9.10. The fourth-order valence-electron chi connectivity index (χ4n) is 3.63. The van der Waals surface area contributed by atoms with Crippen molar-refractivity contribution < 1.29 is 9.53 Å². The zero-order valence-electron chi connectivity index (χ0n) is 15.4. The summed E-state index contributed by atoms with van der Waals surface area (Å²) in [4.78, 5) is 15.6. The molecule has 3 rings (SSSR count). The molecule has 0 radical (unpaired) electrons. The van der Waals surface area contributed by atoms with Crippen molar-refractivity contribution >= 4 is 11.5 Å². The molecule has 0 N–H and O–H groups in total. The third-order valence-corrected chi connectivity index (χ3v) is 5.45. The van der Waals surface area contributed by atoms with E-state index in [4.69, 9.17) is 4.74 Å². The SMILES string of the molecule is CCC(C)(C(=O)c1ccc(N2CCOCC2)cc1)c1ccccc1C. The molecule has 1 fully saturated rings. The minimum Gasteiger partial charge on any atom is -0.378 e. The zero-order chi connectivity index (χ0) is 17.9. The number of aryl methyl sites for hydroxylation is 1. The summed E-state index contributed by atoms with van der Waals surface area (Å²) in [6.45, 7) is 9.58. The fraction of sp³-hybridized carbons (Fsp3) is 0.409. The zero-order valence-corrected chi connectivity index (χ0v) is 15.4. The molecule has 0 spiro atoms. The molecule has 0 aliphatic carbocycles. The van der Waals surface area contributed by atoms with Crippen LogP contribution in [0.3, 0.4) is 0 Å². The van der Waals surface area contributed by atoms with E-state index in [1.807, 2.05) is 24.3 Å². The van der Waals surface area contributed by atoms with Crippen molar-refractivity contribution in [3.05, 3.63) is 65.2 Å². The minimum atomic E-state index is -0.494. The number of nitrogens with zero attached hydrogens (tertiary/aromatic N) is 1. The number of ether oxygens (including phenoxy) is 1. The van der Waals surface area contributed by atoms with Crippen molar-refractivity contribution in [3.63, 3.8) is 0 Å². The average molecular weight is 337 g/mol. The van der Waals surface area contributed by atoms with Gasteiger partial charge in [-0.15, -0.1) is 0 Å². The Labute approximate surface area is 150 Å². The fourth-order valence-corrected chi connectivity index (χ4v) is 3.63. The Morgan fingerprint density at radius 1 is 1.08 bits per heavy atom. The van der Waals surface area contributed by atoms with Gasteiger partial charge in [0.25, 0.3) is 0 Å². The van der Waals surface area contributed by atoms with E-state index >= 15 is 0 Å². The number of ketones is 1. The van der Waals surface area contributed by atoms with Crippen LogP contribution in [0.15, 0.2) is 48.5 Å². The number of rotatable bonds is 5.